The van der Waals surface area contributed by atoms with Crippen LogP contribution >= 0.6 is 0 Å². The van der Waals surface area contributed by atoms with Gasteiger partial charge in [-0.1, -0.05) is 35.5 Å². The van der Waals surface area contributed by atoms with Crippen molar-refractivity contribution in [1.82, 2.24) is 14.7 Å². The van der Waals surface area contributed by atoms with Crippen molar-refractivity contribution in [3.63, 3.8) is 0 Å². The molecule has 0 unspecified atom stereocenters. The van der Waals surface area contributed by atoms with Crippen LogP contribution in [0.15, 0.2) is 47.8 Å². The molecule has 0 aliphatic rings. The van der Waals surface area contributed by atoms with Gasteiger partial charge in [-0.2, -0.15) is 5.10 Å². The molecule has 2 aromatic rings. The minimum absolute atomic E-state index is 0.0929. The van der Waals surface area contributed by atoms with E-state index in [4.69, 9.17) is 10.9 Å². The van der Waals surface area contributed by atoms with Crippen molar-refractivity contribution in [2.75, 3.05) is 0 Å². The molecule has 0 atom stereocenters. The molecule has 0 bridgehead atoms. The molecule has 1 aromatic heterocycles. The van der Waals surface area contributed by atoms with E-state index in [1.807, 2.05) is 46.0 Å². The molecule has 0 aliphatic heterocycles. The third-order valence-corrected chi connectivity index (χ3v) is 3.24. The summed E-state index contributed by atoms with van der Waals surface area (Å²) in [5.74, 6) is 0.0929. The topological polar surface area (TPSA) is 79.7 Å². The Hall–Kier alpha value is -2.50. The minimum atomic E-state index is 0.0929. The number of hydrogen-bond acceptors (Lipinski definition) is 3. The molecule has 6 heteroatoms. The third-order valence-electron chi connectivity index (χ3n) is 3.24. The highest BCUT2D eigenvalue weighted by atomic mass is 16.4. The standard InChI is InChI=1S/C15H21N5O/c1-12(2)20-14(8-9-17-20)11-19(15(16)18-21)10-13-6-4-3-5-7-13/h3-9,12,21H,10-11H2,1-2H3,(H2,16,18). The summed E-state index contributed by atoms with van der Waals surface area (Å²) in [4.78, 5) is 1.81. The van der Waals surface area contributed by atoms with Gasteiger partial charge in [-0.05, 0) is 25.5 Å². The van der Waals surface area contributed by atoms with Gasteiger partial charge in [-0.15, -0.1) is 0 Å². The molecule has 1 aromatic carbocycles. The molecule has 112 valence electrons. The summed E-state index contributed by atoms with van der Waals surface area (Å²) >= 11 is 0. The number of aromatic nitrogens is 2. The molecular weight excluding hydrogens is 266 g/mol. The van der Waals surface area contributed by atoms with Crippen molar-refractivity contribution in [1.29, 1.82) is 0 Å². The predicted octanol–water partition coefficient (Wildman–Crippen LogP) is 2.17. The highest BCUT2D eigenvalue weighted by molar-refractivity contribution is 5.77. The van der Waals surface area contributed by atoms with Crippen LogP contribution in [0.1, 0.15) is 31.1 Å². The maximum atomic E-state index is 8.99. The predicted molar refractivity (Wildman–Crippen MR) is 81.7 cm³/mol. The maximum absolute atomic E-state index is 8.99. The van der Waals surface area contributed by atoms with E-state index < -0.39 is 0 Å². The number of benzene rings is 1. The molecule has 0 radical (unpaired) electrons. The molecule has 0 aliphatic carbocycles. The Bertz CT molecular complexity index is 591. The zero-order valence-corrected chi connectivity index (χ0v) is 12.3. The van der Waals surface area contributed by atoms with Crippen LogP contribution < -0.4 is 5.73 Å². The third kappa shape index (κ3) is 3.75. The Morgan fingerprint density at radius 3 is 2.62 bits per heavy atom. The zero-order chi connectivity index (χ0) is 15.2. The Morgan fingerprint density at radius 1 is 1.29 bits per heavy atom. The number of guanidine groups is 1. The summed E-state index contributed by atoms with van der Waals surface area (Å²) in [5, 5.41) is 16.4. The van der Waals surface area contributed by atoms with Gasteiger partial charge in [0, 0.05) is 18.8 Å². The largest absolute Gasteiger partial charge is 0.408 e. The number of hydrogen-bond donors (Lipinski definition) is 2. The quantitative estimate of drug-likeness (QED) is 0.382. The first-order chi connectivity index (χ1) is 10.1. The number of nitrogens with two attached hydrogens (primary N) is 1. The van der Waals surface area contributed by atoms with Crippen molar-refractivity contribution in [3.8, 4) is 0 Å². The van der Waals surface area contributed by atoms with Crippen LogP contribution in [0.4, 0.5) is 0 Å². The lowest BCUT2D eigenvalue weighted by Gasteiger charge is -2.23. The summed E-state index contributed by atoms with van der Waals surface area (Å²) in [6.07, 6.45) is 1.77. The van der Waals surface area contributed by atoms with Crippen molar-refractivity contribution in [2.45, 2.75) is 33.0 Å². The lowest BCUT2D eigenvalue weighted by Crippen LogP contribution is -2.37. The summed E-state index contributed by atoms with van der Waals surface area (Å²) in [7, 11) is 0. The molecular formula is C15H21N5O. The van der Waals surface area contributed by atoms with Crippen LogP contribution in [0.25, 0.3) is 0 Å². The normalized spacial score (nSPS) is 11.9. The number of rotatable bonds is 5. The van der Waals surface area contributed by atoms with Gasteiger partial charge in [-0.25, -0.2) is 0 Å². The molecule has 0 saturated carbocycles. The van der Waals surface area contributed by atoms with Gasteiger partial charge in [-0.3, -0.25) is 4.68 Å². The van der Waals surface area contributed by atoms with Crippen LogP contribution in [0.3, 0.4) is 0 Å². The first-order valence-corrected chi connectivity index (χ1v) is 6.90. The van der Waals surface area contributed by atoms with E-state index in [2.05, 4.69) is 24.1 Å². The van der Waals surface area contributed by atoms with E-state index in [9.17, 15) is 0 Å². The van der Waals surface area contributed by atoms with Gasteiger partial charge in [0.25, 0.3) is 0 Å². The van der Waals surface area contributed by atoms with Crippen LogP contribution in [0, 0.1) is 0 Å². The fraction of sp³-hybridized carbons (Fsp3) is 0.333. The highest BCUT2D eigenvalue weighted by Crippen LogP contribution is 2.13. The first kappa shape index (κ1) is 14.9. The van der Waals surface area contributed by atoms with Gasteiger partial charge in [0.2, 0.25) is 5.96 Å². The van der Waals surface area contributed by atoms with Crippen molar-refractivity contribution in [2.24, 2.45) is 10.9 Å². The van der Waals surface area contributed by atoms with E-state index in [1.165, 1.54) is 0 Å². The SMILES string of the molecule is CC(C)n1nccc1CN(Cc1ccccc1)/C(N)=N/O. The minimum Gasteiger partial charge on any atom is -0.408 e. The van der Waals surface area contributed by atoms with Gasteiger partial charge in [0.1, 0.15) is 0 Å². The summed E-state index contributed by atoms with van der Waals surface area (Å²) in [6, 6.07) is 12.1. The first-order valence-electron chi connectivity index (χ1n) is 6.90. The lowest BCUT2D eigenvalue weighted by atomic mass is 10.2. The maximum Gasteiger partial charge on any atom is 0.233 e. The molecule has 3 N–H and O–H groups in total. The van der Waals surface area contributed by atoms with E-state index in [-0.39, 0.29) is 12.0 Å². The van der Waals surface area contributed by atoms with Gasteiger partial charge >= 0.3 is 0 Å². The second-order valence-corrected chi connectivity index (χ2v) is 5.16. The number of nitrogens with zero attached hydrogens (tertiary/aromatic N) is 4. The van der Waals surface area contributed by atoms with Gasteiger partial charge < -0.3 is 15.8 Å². The summed E-state index contributed by atoms with van der Waals surface area (Å²) in [5.41, 5.74) is 7.92. The van der Waals surface area contributed by atoms with Crippen molar-refractivity contribution >= 4 is 5.96 Å². The second kappa shape index (κ2) is 6.78. The summed E-state index contributed by atoms with van der Waals surface area (Å²) < 4.78 is 1.93. The van der Waals surface area contributed by atoms with E-state index in [0.29, 0.717) is 13.1 Å². The second-order valence-electron chi connectivity index (χ2n) is 5.16. The monoisotopic (exact) mass is 287 g/mol. The Morgan fingerprint density at radius 2 is 2.00 bits per heavy atom. The van der Waals surface area contributed by atoms with Crippen LogP contribution in [0.2, 0.25) is 0 Å². The average molecular weight is 287 g/mol. The molecule has 0 saturated heterocycles. The van der Waals surface area contributed by atoms with Gasteiger partial charge in [0.15, 0.2) is 0 Å². The van der Waals surface area contributed by atoms with E-state index in [0.717, 1.165) is 11.3 Å². The molecule has 0 amide bonds. The highest BCUT2D eigenvalue weighted by Gasteiger charge is 2.14. The van der Waals surface area contributed by atoms with Crippen LogP contribution in [-0.4, -0.2) is 25.8 Å². The zero-order valence-electron chi connectivity index (χ0n) is 12.3. The van der Waals surface area contributed by atoms with E-state index in [1.54, 1.807) is 6.20 Å². The van der Waals surface area contributed by atoms with Crippen LogP contribution in [-0.2, 0) is 13.1 Å². The Kier molecular flexibility index (Phi) is 4.81. The summed E-state index contributed by atoms with van der Waals surface area (Å²) in [6.45, 7) is 5.24. The lowest BCUT2D eigenvalue weighted by molar-refractivity contribution is 0.290. The molecule has 21 heavy (non-hydrogen) atoms. The smallest absolute Gasteiger partial charge is 0.233 e. The molecule has 1 heterocycles. The number of oxime groups is 1. The van der Waals surface area contributed by atoms with Crippen molar-refractivity contribution < 1.29 is 5.21 Å². The Labute approximate surface area is 124 Å². The molecule has 6 nitrogen and oxygen atoms in total. The fourth-order valence-electron chi connectivity index (χ4n) is 2.21. The van der Waals surface area contributed by atoms with Gasteiger partial charge in [0.05, 0.1) is 12.2 Å². The van der Waals surface area contributed by atoms with Crippen molar-refractivity contribution in [3.05, 3.63) is 53.9 Å². The molecule has 2 rings (SSSR count). The molecule has 0 fully saturated rings. The fourth-order valence-corrected chi connectivity index (χ4v) is 2.21. The molecule has 0 spiro atoms. The van der Waals surface area contributed by atoms with Crippen LogP contribution in [0.5, 0.6) is 0 Å². The Balaban J connectivity index is 2.19. The van der Waals surface area contributed by atoms with E-state index >= 15 is 0 Å². The average Bonchev–Trinajstić information content (AvgIpc) is 2.95.